The molecule has 2 rings (SSSR count). The van der Waals surface area contributed by atoms with Crippen LogP contribution in [0.15, 0.2) is 41.6 Å². The van der Waals surface area contributed by atoms with Crippen molar-refractivity contribution in [3.05, 3.63) is 42.2 Å². The second-order valence-corrected chi connectivity index (χ2v) is 6.40. The van der Waals surface area contributed by atoms with Gasteiger partial charge < -0.3 is 5.73 Å². The maximum Gasteiger partial charge on any atom is 0.246 e. The second-order valence-electron chi connectivity index (χ2n) is 4.36. The van der Waals surface area contributed by atoms with Crippen LogP contribution < -0.4 is 5.73 Å². The van der Waals surface area contributed by atoms with Crippen LogP contribution in [0.5, 0.6) is 0 Å². The number of anilines is 1. The third kappa shape index (κ3) is 2.94. The van der Waals surface area contributed by atoms with E-state index in [9.17, 15) is 8.42 Å². The number of rotatable bonds is 4. The van der Waals surface area contributed by atoms with E-state index in [0.29, 0.717) is 5.69 Å². The molecule has 0 aliphatic rings. The molecule has 0 fully saturated rings. The van der Waals surface area contributed by atoms with Crippen molar-refractivity contribution in [1.82, 2.24) is 14.1 Å². The highest BCUT2D eigenvalue weighted by Gasteiger charge is 2.22. The minimum absolute atomic E-state index is 0.182. The largest absolute Gasteiger partial charge is 0.399 e. The molecule has 1 heterocycles. The van der Waals surface area contributed by atoms with Gasteiger partial charge in [-0.25, -0.2) is 8.42 Å². The first-order valence-corrected chi connectivity index (χ1v) is 7.13. The summed E-state index contributed by atoms with van der Waals surface area (Å²) in [6, 6.07) is 7.16. The Hall–Kier alpha value is -1.86. The summed E-state index contributed by atoms with van der Waals surface area (Å²) in [7, 11) is -0.309. The second kappa shape index (κ2) is 5.02. The van der Waals surface area contributed by atoms with E-state index in [-0.39, 0.29) is 11.4 Å². The molecule has 0 spiro atoms. The van der Waals surface area contributed by atoms with Gasteiger partial charge in [-0.1, -0.05) is 12.1 Å². The maximum absolute atomic E-state index is 12.3. The molecule has 102 valence electrons. The number of nitrogens with two attached hydrogens (primary N) is 1. The normalized spacial score (nSPS) is 11.9. The molecule has 0 saturated carbocycles. The molecule has 0 amide bonds. The van der Waals surface area contributed by atoms with Crippen molar-refractivity contribution in [1.29, 1.82) is 0 Å². The van der Waals surface area contributed by atoms with E-state index < -0.39 is 10.0 Å². The fraction of sp³-hybridized carbons (Fsp3) is 0.250. The van der Waals surface area contributed by atoms with E-state index in [2.05, 4.69) is 5.10 Å². The Bertz CT molecular complexity index is 679. The van der Waals surface area contributed by atoms with E-state index in [4.69, 9.17) is 5.73 Å². The number of nitrogen functional groups attached to an aromatic ring is 1. The van der Waals surface area contributed by atoms with Crippen LogP contribution in [0.2, 0.25) is 0 Å². The lowest BCUT2D eigenvalue weighted by Gasteiger charge is -2.16. The Kier molecular flexibility index (Phi) is 3.59. The zero-order valence-corrected chi connectivity index (χ0v) is 11.6. The topological polar surface area (TPSA) is 81.2 Å². The fourth-order valence-electron chi connectivity index (χ4n) is 1.75. The van der Waals surface area contributed by atoms with Crippen molar-refractivity contribution in [3.63, 3.8) is 0 Å². The average molecular weight is 280 g/mol. The molecule has 2 N–H and O–H groups in total. The van der Waals surface area contributed by atoms with Gasteiger partial charge in [0.1, 0.15) is 4.90 Å². The Labute approximate surface area is 112 Å². The summed E-state index contributed by atoms with van der Waals surface area (Å²) >= 11 is 0. The molecule has 2 aromatic rings. The minimum Gasteiger partial charge on any atom is -0.399 e. The summed E-state index contributed by atoms with van der Waals surface area (Å²) in [6.07, 6.45) is 2.82. The first-order chi connectivity index (χ1) is 8.89. The molecular weight excluding hydrogens is 264 g/mol. The molecule has 0 unspecified atom stereocenters. The SMILES string of the molecule is CN(Cc1cccc(N)c1)S(=O)(=O)c1cnn(C)c1. The van der Waals surface area contributed by atoms with Crippen LogP contribution in [0.25, 0.3) is 0 Å². The third-order valence-corrected chi connectivity index (χ3v) is 4.50. The smallest absolute Gasteiger partial charge is 0.246 e. The number of nitrogens with zero attached hydrogens (tertiary/aromatic N) is 3. The van der Waals surface area contributed by atoms with Gasteiger partial charge in [0.2, 0.25) is 10.0 Å². The molecule has 1 aromatic heterocycles. The number of sulfonamides is 1. The Morgan fingerprint density at radius 2 is 2.16 bits per heavy atom. The molecule has 0 saturated heterocycles. The number of hydrogen-bond donors (Lipinski definition) is 1. The van der Waals surface area contributed by atoms with Crippen LogP contribution in [0.4, 0.5) is 5.69 Å². The maximum atomic E-state index is 12.3. The van der Waals surface area contributed by atoms with Gasteiger partial charge in [0.25, 0.3) is 0 Å². The summed E-state index contributed by atoms with van der Waals surface area (Å²) in [5.74, 6) is 0. The number of hydrogen-bond acceptors (Lipinski definition) is 4. The molecule has 0 bridgehead atoms. The lowest BCUT2D eigenvalue weighted by atomic mass is 10.2. The number of aromatic nitrogens is 2. The van der Waals surface area contributed by atoms with Crippen LogP contribution >= 0.6 is 0 Å². The van der Waals surface area contributed by atoms with E-state index in [1.165, 1.54) is 28.4 Å². The van der Waals surface area contributed by atoms with Crippen molar-refractivity contribution in [2.24, 2.45) is 7.05 Å². The van der Waals surface area contributed by atoms with E-state index in [1.54, 1.807) is 25.2 Å². The quantitative estimate of drug-likeness (QED) is 0.841. The molecule has 0 atom stereocenters. The van der Waals surface area contributed by atoms with Crippen molar-refractivity contribution in [2.45, 2.75) is 11.4 Å². The lowest BCUT2D eigenvalue weighted by Crippen LogP contribution is -2.26. The van der Waals surface area contributed by atoms with Crippen LogP contribution in [0, 0.1) is 0 Å². The van der Waals surface area contributed by atoms with Crippen LogP contribution in [-0.4, -0.2) is 29.6 Å². The Morgan fingerprint density at radius 1 is 1.42 bits per heavy atom. The monoisotopic (exact) mass is 280 g/mol. The van der Waals surface area contributed by atoms with Gasteiger partial charge in [-0.05, 0) is 17.7 Å². The minimum atomic E-state index is -3.52. The van der Waals surface area contributed by atoms with Gasteiger partial charge in [-0.2, -0.15) is 9.40 Å². The third-order valence-electron chi connectivity index (χ3n) is 2.75. The summed E-state index contributed by atoms with van der Waals surface area (Å²) in [6.45, 7) is 0.266. The van der Waals surface area contributed by atoms with Crippen LogP contribution in [0.3, 0.4) is 0 Å². The zero-order chi connectivity index (χ0) is 14.0. The van der Waals surface area contributed by atoms with Crippen molar-refractivity contribution < 1.29 is 8.42 Å². The summed E-state index contributed by atoms with van der Waals surface area (Å²) in [5.41, 5.74) is 7.13. The van der Waals surface area contributed by atoms with E-state index in [0.717, 1.165) is 5.56 Å². The summed E-state index contributed by atoms with van der Waals surface area (Å²) < 4.78 is 27.3. The first-order valence-electron chi connectivity index (χ1n) is 5.69. The van der Waals surface area contributed by atoms with Gasteiger partial charge in [0.05, 0.1) is 6.20 Å². The highest BCUT2D eigenvalue weighted by Crippen LogP contribution is 2.16. The van der Waals surface area contributed by atoms with Crippen molar-refractivity contribution >= 4 is 15.7 Å². The molecule has 19 heavy (non-hydrogen) atoms. The number of aryl methyl sites for hydroxylation is 1. The zero-order valence-electron chi connectivity index (χ0n) is 10.8. The molecule has 7 heteroatoms. The van der Waals surface area contributed by atoms with Gasteiger partial charge in [-0.3, -0.25) is 4.68 Å². The molecule has 6 nitrogen and oxygen atoms in total. The van der Waals surface area contributed by atoms with Crippen LogP contribution in [0.1, 0.15) is 5.56 Å². The van der Waals surface area contributed by atoms with Gasteiger partial charge in [0, 0.05) is 32.5 Å². The van der Waals surface area contributed by atoms with Crippen molar-refractivity contribution in [2.75, 3.05) is 12.8 Å². The van der Waals surface area contributed by atoms with Crippen molar-refractivity contribution in [3.8, 4) is 0 Å². The Balaban J connectivity index is 2.22. The van der Waals surface area contributed by atoms with Crippen LogP contribution in [-0.2, 0) is 23.6 Å². The summed E-state index contributed by atoms with van der Waals surface area (Å²) in [4.78, 5) is 0.182. The highest BCUT2D eigenvalue weighted by molar-refractivity contribution is 7.89. The lowest BCUT2D eigenvalue weighted by molar-refractivity contribution is 0.466. The van der Waals surface area contributed by atoms with Gasteiger partial charge >= 0.3 is 0 Å². The summed E-state index contributed by atoms with van der Waals surface area (Å²) in [5, 5.41) is 3.88. The fourth-order valence-corrected chi connectivity index (χ4v) is 2.89. The van der Waals surface area contributed by atoms with Gasteiger partial charge in [-0.15, -0.1) is 0 Å². The Morgan fingerprint density at radius 3 is 2.74 bits per heavy atom. The molecule has 1 aromatic carbocycles. The van der Waals surface area contributed by atoms with E-state index >= 15 is 0 Å². The molecule has 0 aliphatic carbocycles. The predicted octanol–water partition coefficient (Wildman–Crippen LogP) is 0.823. The standard InChI is InChI=1S/C12H16N4O2S/c1-15-9-12(7-14-15)19(17,18)16(2)8-10-4-3-5-11(13)6-10/h3-7,9H,8,13H2,1-2H3. The van der Waals surface area contributed by atoms with E-state index in [1.807, 2.05) is 6.07 Å². The highest BCUT2D eigenvalue weighted by atomic mass is 32.2. The average Bonchev–Trinajstić information content (AvgIpc) is 2.76. The first kappa shape index (κ1) is 13.6. The molecular formula is C12H16N4O2S. The number of benzene rings is 1. The predicted molar refractivity (Wildman–Crippen MR) is 72.7 cm³/mol. The molecule has 0 radical (unpaired) electrons. The molecule has 0 aliphatic heterocycles. The van der Waals surface area contributed by atoms with Gasteiger partial charge in [0.15, 0.2) is 0 Å².